The van der Waals surface area contributed by atoms with E-state index in [-0.39, 0.29) is 11.8 Å². The first-order valence-electron chi connectivity index (χ1n) is 6.75. The lowest BCUT2D eigenvalue weighted by molar-refractivity contribution is -0.231. The normalized spacial score (nSPS) is 33.8. The predicted octanol–water partition coefficient (Wildman–Crippen LogP) is 2.34. The Kier molecular flexibility index (Phi) is 3.25. The first kappa shape index (κ1) is 15.0. The van der Waals surface area contributed by atoms with Crippen LogP contribution in [0.5, 0.6) is 0 Å². The van der Waals surface area contributed by atoms with Crippen LogP contribution in [0.25, 0.3) is 0 Å². The first-order valence-corrected chi connectivity index (χ1v) is 6.75. The van der Waals surface area contributed by atoms with E-state index in [0.717, 1.165) is 5.57 Å². The molecule has 112 valence electrons. The number of methoxy groups -OCH3 is 1. The topological polar surface area (TPSA) is 61.8 Å². The van der Waals surface area contributed by atoms with Gasteiger partial charge >= 0.3 is 11.9 Å². The lowest BCUT2D eigenvalue weighted by Gasteiger charge is -2.36. The van der Waals surface area contributed by atoms with Crippen molar-refractivity contribution in [3.8, 4) is 0 Å². The molecular formula is C15H22O5. The van der Waals surface area contributed by atoms with Gasteiger partial charge in [0.25, 0.3) is 0 Å². The van der Waals surface area contributed by atoms with Crippen molar-refractivity contribution in [1.29, 1.82) is 0 Å². The minimum Gasteiger partial charge on any atom is -0.466 e. The van der Waals surface area contributed by atoms with Gasteiger partial charge in [-0.15, -0.1) is 0 Å². The molecule has 2 aliphatic rings. The third-order valence-electron chi connectivity index (χ3n) is 4.37. The van der Waals surface area contributed by atoms with Crippen LogP contribution < -0.4 is 0 Å². The summed E-state index contributed by atoms with van der Waals surface area (Å²) in [4.78, 5) is 24.1. The monoisotopic (exact) mass is 282 g/mol. The van der Waals surface area contributed by atoms with E-state index in [9.17, 15) is 9.59 Å². The fraction of sp³-hybridized carbons (Fsp3) is 0.733. The number of ether oxygens (including phenoxy) is 3. The van der Waals surface area contributed by atoms with Crippen LogP contribution in [0.15, 0.2) is 11.1 Å². The van der Waals surface area contributed by atoms with Gasteiger partial charge < -0.3 is 14.2 Å². The van der Waals surface area contributed by atoms with Gasteiger partial charge in [0.15, 0.2) is 5.60 Å². The molecule has 0 saturated carbocycles. The molecule has 0 amide bonds. The molecule has 2 atom stereocenters. The van der Waals surface area contributed by atoms with Crippen LogP contribution in [0.3, 0.4) is 0 Å². The summed E-state index contributed by atoms with van der Waals surface area (Å²) in [6.07, 6.45) is 0.595. The van der Waals surface area contributed by atoms with Gasteiger partial charge in [0, 0.05) is 30.8 Å². The fourth-order valence-electron chi connectivity index (χ4n) is 2.63. The quantitative estimate of drug-likeness (QED) is 0.691. The zero-order chi connectivity index (χ0) is 15.3. The van der Waals surface area contributed by atoms with E-state index in [1.807, 2.05) is 27.7 Å². The van der Waals surface area contributed by atoms with E-state index in [4.69, 9.17) is 14.2 Å². The maximum atomic E-state index is 12.3. The number of hydrogen-bond donors (Lipinski definition) is 0. The number of cyclic esters (lactones) is 1. The lowest BCUT2D eigenvalue weighted by atomic mass is 9.86. The highest BCUT2D eigenvalue weighted by molar-refractivity contribution is 5.94. The van der Waals surface area contributed by atoms with Crippen molar-refractivity contribution in [2.45, 2.75) is 58.8 Å². The van der Waals surface area contributed by atoms with E-state index in [1.54, 1.807) is 6.92 Å². The van der Waals surface area contributed by atoms with Crippen LogP contribution in [0.1, 0.15) is 47.5 Å². The van der Waals surface area contributed by atoms with Crippen LogP contribution in [0, 0.1) is 5.41 Å². The van der Waals surface area contributed by atoms with Crippen molar-refractivity contribution in [2.75, 3.05) is 7.11 Å². The van der Waals surface area contributed by atoms with Gasteiger partial charge in [-0.3, -0.25) is 0 Å². The molecule has 5 nitrogen and oxygen atoms in total. The molecule has 2 rings (SSSR count). The summed E-state index contributed by atoms with van der Waals surface area (Å²) < 4.78 is 16.3. The molecule has 1 aliphatic carbocycles. The van der Waals surface area contributed by atoms with Gasteiger partial charge in [-0.25, -0.2) is 9.59 Å². The molecule has 1 fully saturated rings. The summed E-state index contributed by atoms with van der Waals surface area (Å²) in [6.45, 7) is 9.46. The van der Waals surface area contributed by atoms with Crippen LogP contribution in [-0.4, -0.2) is 30.4 Å². The Hall–Kier alpha value is -1.36. The molecular weight excluding hydrogens is 260 g/mol. The highest BCUT2D eigenvalue weighted by Crippen LogP contribution is 2.51. The van der Waals surface area contributed by atoms with Gasteiger partial charge in [-0.05, 0) is 6.92 Å². The minimum atomic E-state index is -1.07. The van der Waals surface area contributed by atoms with Crippen molar-refractivity contribution in [3.63, 3.8) is 0 Å². The van der Waals surface area contributed by atoms with E-state index >= 15 is 0 Å². The predicted molar refractivity (Wildman–Crippen MR) is 71.7 cm³/mol. The Bertz CT molecular complexity index is 499. The van der Waals surface area contributed by atoms with Crippen molar-refractivity contribution in [2.24, 2.45) is 5.41 Å². The highest BCUT2D eigenvalue weighted by atomic mass is 16.8. The van der Waals surface area contributed by atoms with Crippen LogP contribution in [0.4, 0.5) is 0 Å². The SMILES string of the molecule is COC(=O)C1=C(C)C[C@]2(C1)O[C@](C)(C(C)(C)C)OC2=O. The fourth-order valence-corrected chi connectivity index (χ4v) is 2.63. The van der Waals surface area contributed by atoms with Crippen LogP contribution in [-0.2, 0) is 23.8 Å². The maximum absolute atomic E-state index is 12.3. The molecule has 0 aromatic rings. The molecule has 1 aliphatic heterocycles. The molecule has 0 aromatic heterocycles. The van der Waals surface area contributed by atoms with Crippen molar-refractivity contribution >= 4 is 11.9 Å². The average Bonchev–Trinajstić information content (AvgIpc) is 2.76. The molecule has 1 spiro atoms. The molecule has 0 unspecified atom stereocenters. The van der Waals surface area contributed by atoms with Crippen molar-refractivity contribution in [1.82, 2.24) is 0 Å². The van der Waals surface area contributed by atoms with Gasteiger partial charge in [-0.2, -0.15) is 0 Å². The summed E-state index contributed by atoms with van der Waals surface area (Å²) in [7, 11) is 1.33. The summed E-state index contributed by atoms with van der Waals surface area (Å²) in [5.41, 5.74) is -0.0847. The van der Waals surface area contributed by atoms with Crippen LogP contribution >= 0.6 is 0 Å². The molecule has 0 aromatic carbocycles. The van der Waals surface area contributed by atoms with E-state index in [2.05, 4.69) is 0 Å². The second-order valence-corrected chi connectivity index (χ2v) is 6.79. The van der Waals surface area contributed by atoms with Crippen molar-refractivity contribution in [3.05, 3.63) is 11.1 Å². The minimum absolute atomic E-state index is 0.218. The lowest BCUT2D eigenvalue weighted by Crippen LogP contribution is -2.43. The number of hydrogen-bond acceptors (Lipinski definition) is 5. The van der Waals surface area contributed by atoms with Gasteiger partial charge in [0.05, 0.1) is 7.11 Å². The molecule has 0 bridgehead atoms. The van der Waals surface area contributed by atoms with Crippen molar-refractivity contribution < 1.29 is 23.8 Å². The molecule has 0 radical (unpaired) electrons. The number of carbonyl (C=O) groups is 2. The summed E-state index contributed by atoms with van der Waals surface area (Å²) in [5, 5.41) is 0. The second kappa shape index (κ2) is 4.32. The Balaban J connectivity index is 2.29. The zero-order valence-corrected chi connectivity index (χ0v) is 13.0. The summed E-state index contributed by atoms with van der Waals surface area (Å²) in [6, 6.07) is 0. The third kappa shape index (κ3) is 2.04. The Morgan fingerprint density at radius 3 is 2.35 bits per heavy atom. The largest absolute Gasteiger partial charge is 0.466 e. The standard InChI is InChI=1S/C15H22O5/c1-9-7-15(8-10(9)11(16)18-6)12(17)19-14(5,20-15)13(2,3)4/h7-8H2,1-6H3/t14-,15-/m1/s1. The number of esters is 2. The smallest absolute Gasteiger partial charge is 0.341 e. The number of carbonyl (C=O) groups excluding carboxylic acids is 2. The van der Waals surface area contributed by atoms with E-state index in [1.165, 1.54) is 7.11 Å². The van der Waals surface area contributed by atoms with E-state index in [0.29, 0.717) is 12.0 Å². The average molecular weight is 282 g/mol. The second-order valence-electron chi connectivity index (χ2n) is 6.79. The highest BCUT2D eigenvalue weighted by Gasteiger charge is 2.62. The number of rotatable bonds is 1. The first-order chi connectivity index (χ1) is 9.05. The van der Waals surface area contributed by atoms with E-state index < -0.39 is 23.3 Å². The molecule has 0 N–H and O–H groups in total. The molecule has 1 saturated heterocycles. The third-order valence-corrected chi connectivity index (χ3v) is 4.37. The summed E-state index contributed by atoms with van der Waals surface area (Å²) >= 11 is 0. The molecule has 20 heavy (non-hydrogen) atoms. The molecule has 1 heterocycles. The van der Waals surface area contributed by atoms with Crippen LogP contribution in [0.2, 0.25) is 0 Å². The van der Waals surface area contributed by atoms with Gasteiger partial charge in [0.2, 0.25) is 5.79 Å². The van der Waals surface area contributed by atoms with Gasteiger partial charge in [-0.1, -0.05) is 26.3 Å². The molecule has 5 heteroatoms. The Morgan fingerprint density at radius 1 is 1.30 bits per heavy atom. The summed E-state index contributed by atoms with van der Waals surface area (Å²) in [5.74, 6) is -1.79. The maximum Gasteiger partial charge on any atom is 0.341 e. The Labute approximate surface area is 119 Å². The van der Waals surface area contributed by atoms with Gasteiger partial charge in [0.1, 0.15) is 0 Å². The Morgan fingerprint density at radius 2 is 1.90 bits per heavy atom. The zero-order valence-electron chi connectivity index (χ0n) is 13.0.